The Balaban J connectivity index is 2.21. The molecule has 0 saturated carbocycles. The van der Waals surface area contributed by atoms with E-state index in [0.717, 1.165) is 17.9 Å². The van der Waals surface area contributed by atoms with Crippen LogP contribution in [0.25, 0.3) is 5.69 Å². The van der Waals surface area contributed by atoms with Gasteiger partial charge in [-0.1, -0.05) is 42.3 Å². The molecule has 19 heavy (non-hydrogen) atoms. The van der Waals surface area contributed by atoms with Crippen LogP contribution in [-0.4, -0.2) is 21.5 Å². The molecule has 1 heterocycles. The number of benzene rings is 1. The molecule has 1 aromatic carbocycles. The molecule has 0 aliphatic rings. The number of nitrogens with one attached hydrogen (secondary N) is 1. The summed E-state index contributed by atoms with van der Waals surface area (Å²) < 4.78 is 1.71. The topological polar surface area (TPSA) is 42.7 Å². The molecule has 0 atom stereocenters. The fraction of sp³-hybridized carbons (Fsp3) is 0.385. The van der Waals surface area contributed by atoms with E-state index in [4.69, 9.17) is 23.2 Å². The smallest absolute Gasteiger partial charge is 0.0868 e. The minimum atomic E-state index is 0.596. The van der Waals surface area contributed by atoms with Gasteiger partial charge in [0.2, 0.25) is 0 Å². The van der Waals surface area contributed by atoms with Gasteiger partial charge in [-0.2, -0.15) is 0 Å². The summed E-state index contributed by atoms with van der Waals surface area (Å²) in [5.41, 5.74) is 1.69. The highest BCUT2D eigenvalue weighted by atomic mass is 35.5. The quantitative estimate of drug-likeness (QED) is 0.921. The van der Waals surface area contributed by atoms with E-state index in [1.165, 1.54) is 0 Å². The lowest BCUT2D eigenvalue weighted by Crippen LogP contribution is -2.20. The lowest BCUT2D eigenvalue weighted by Gasteiger charge is -2.10. The van der Waals surface area contributed by atoms with Crippen molar-refractivity contribution in [3.63, 3.8) is 0 Å². The molecule has 0 unspecified atom stereocenters. The van der Waals surface area contributed by atoms with Gasteiger partial charge in [-0.25, -0.2) is 4.68 Å². The molecule has 0 aliphatic carbocycles. The zero-order chi connectivity index (χ0) is 13.8. The summed E-state index contributed by atoms with van der Waals surface area (Å²) in [6, 6.07) is 5.29. The highest BCUT2D eigenvalue weighted by Crippen LogP contribution is 2.24. The first-order valence-corrected chi connectivity index (χ1v) is 6.89. The second kappa shape index (κ2) is 6.37. The molecule has 1 N–H and O–H groups in total. The van der Waals surface area contributed by atoms with Crippen LogP contribution in [0.15, 0.2) is 24.4 Å². The van der Waals surface area contributed by atoms with Crippen LogP contribution in [0.1, 0.15) is 19.5 Å². The summed E-state index contributed by atoms with van der Waals surface area (Å²) >= 11 is 12.2. The van der Waals surface area contributed by atoms with Crippen molar-refractivity contribution in [2.45, 2.75) is 20.4 Å². The number of rotatable bonds is 5. The third kappa shape index (κ3) is 3.69. The minimum Gasteiger partial charge on any atom is -0.311 e. The van der Waals surface area contributed by atoms with Crippen LogP contribution >= 0.6 is 23.2 Å². The van der Waals surface area contributed by atoms with Crippen molar-refractivity contribution in [3.05, 3.63) is 40.1 Å². The molecule has 0 radical (unpaired) electrons. The van der Waals surface area contributed by atoms with Crippen LogP contribution in [0.5, 0.6) is 0 Å². The number of hydrogen-bond donors (Lipinski definition) is 1. The van der Waals surface area contributed by atoms with Crippen molar-refractivity contribution >= 4 is 23.2 Å². The van der Waals surface area contributed by atoms with Gasteiger partial charge >= 0.3 is 0 Å². The van der Waals surface area contributed by atoms with Crippen LogP contribution in [0, 0.1) is 5.92 Å². The van der Waals surface area contributed by atoms with Gasteiger partial charge in [-0.15, -0.1) is 5.10 Å². The Kier molecular flexibility index (Phi) is 4.80. The Morgan fingerprint density at radius 3 is 2.84 bits per heavy atom. The average Bonchev–Trinajstić information content (AvgIpc) is 2.80. The predicted octanol–water partition coefficient (Wildman–Crippen LogP) is 3.32. The monoisotopic (exact) mass is 298 g/mol. The van der Waals surface area contributed by atoms with Gasteiger partial charge in [0, 0.05) is 11.6 Å². The van der Waals surface area contributed by atoms with E-state index in [1.807, 2.05) is 0 Å². The Hall–Kier alpha value is -1.10. The van der Waals surface area contributed by atoms with Gasteiger partial charge in [0.15, 0.2) is 0 Å². The first-order valence-electron chi connectivity index (χ1n) is 6.13. The third-order valence-electron chi connectivity index (χ3n) is 2.61. The van der Waals surface area contributed by atoms with Gasteiger partial charge < -0.3 is 5.32 Å². The van der Waals surface area contributed by atoms with Crippen molar-refractivity contribution in [1.82, 2.24) is 20.3 Å². The first kappa shape index (κ1) is 14.3. The first-order chi connectivity index (χ1) is 9.08. The number of aromatic nitrogens is 3. The Morgan fingerprint density at radius 2 is 2.11 bits per heavy atom. The van der Waals surface area contributed by atoms with E-state index < -0.39 is 0 Å². The average molecular weight is 299 g/mol. The Labute approximate surface area is 122 Å². The van der Waals surface area contributed by atoms with Crippen molar-refractivity contribution in [1.29, 1.82) is 0 Å². The lowest BCUT2D eigenvalue weighted by atomic mass is 10.2. The minimum absolute atomic E-state index is 0.596. The summed E-state index contributed by atoms with van der Waals surface area (Å²) in [7, 11) is 0. The van der Waals surface area contributed by atoms with Crippen molar-refractivity contribution < 1.29 is 0 Å². The normalized spacial score (nSPS) is 11.2. The largest absolute Gasteiger partial charge is 0.311 e. The van der Waals surface area contributed by atoms with Crippen LogP contribution in [0.4, 0.5) is 0 Å². The molecule has 0 amide bonds. The number of halogens is 2. The maximum atomic E-state index is 6.18. The van der Waals surface area contributed by atoms with E-state index in [9.17, 15) is 0 Å². The third-order valence-corrected chi connectivity index (χ3v) is 3.17. The van der Waals surface area contributed by atoms with Crippen molar-refractivity contribution in [3.8, 4) is 5.69 Å². The molecule has 6 heteroatoms. The Morgan fingerprint density at radius 1 is 1.32 bits per heavy atom. The lowest BCUT2D eigenvalue weighted by molar-refractivity contribution is 0.542. The summed E-state index contributed by atoms with van der Waals surface area (Å²) in [4.78, 5) is 0. The second-order valence-corrected chi connectivity index (χ2v) is 5.60. The Bertz CT molecular complexity index is 551. The number of nitrogens with zero attached hydrogens (tertiary/aromatic N) is 3. The van der Waals surface area contributed by atoms with Gasteiger partial charge in [0.25, 0.3) is 0 Å². The summed E-state index contributed by atoms with van der Waals surface area (Å²) in [5.74, 6) is 0.596. The SMILES string of the molecule is CC(C)CNCc1cnnn1-c1cc(Cl)ccc1Cl. The highest BCUT2D eigenvalue weighted by molar-refractivity contribution is 6.34. The van der Waals surface area contributed by atoms with Crippen LogP contribution in [0.3, 0.4) is 0 Å². The molecule has 0 aliphatic heterocycles. The van der Waals surface area contributed by atoms with Crippen LogP contribution in [0.2, 0.25) is 10.0 Å². The molecule has 1 aromatic heterocycles. The van der Waals surface area contributed by atoms with Crippen LogP contribution < -0.4 is 5.32 Å². The van der Waals surface area contributed by atoms with Gasteiger partial charge in [-0.3, -0.25) is 0 Å². The molecule has 102 valence electrons. The van der Waals surface area contributed by atoms with E-state index >= 15 is 0 Å². The molecule has 2 aromatic rings. The van der Waals surface area contributed by atoms with Crippen molar-refractivity contribution in [2.75, 3.05) is 6.54 Å². The molecule has 0 spiro atoms. The van der Waals surface area contributed by atoms with E-state index in [1.54, 1.807) is 29.1 Å². The number of hydrogen-bond acceptors (Lipinski definition) is 3. The second-order valence-electron chi connectivity index (χ2n) is 4.76. The summed E-state index contributed by atoms with van der Waals surface area (Å²) in [6.07, 6.45) is 1.73. The van der Waals surface area contributed by atoms with E-state index in [2.05, 4.69) is 29.5 Å². The molecule has 4 nitrogen and oxygen atoms in total. The van der Waals surface area contributed by atoms with E-state index in [-0.39, 0.29) is 0 Å². The predicted molar refractivity (Wildman–Crippen MR) is 77.9 cm³/mol. The molecule has 0 fully saturated rings. The van der Waals surface area contributed by atoms with Crippen LogP contribution in [-0.2, 0) is 6.54 Å². The standard InChI is InChI=1S/C13H16Cl2N4/c1-9(2)6-16-7-11-8-17-18-19(11)13-5-10(14)3-4-12(13)15/h3-5,8-9,16H,6-7H2,1-2H3. The molecule has 0 saturated heterocycles. The molecular formula is C13H16Cl2N4. The van der Waals surface area contributed by atoms with Crippen molar-refractivity contribution in [2.24, 2.45) is 5.92 Å². The zero-order valence-corrected chi connectivity index (χ0v) is 12.4. The summed E-state index contributed by atoms with van der Waals surface area (Å²) in [6.45, 7) is 5.95. The molecular weight excluding hydrogens is 283 g/mol. The maximum absolute atomic E-state index is 6.18. The molecule has 0 bridgehead atoms. The summed E-state index contributed by atoms with van der Waals surface area (Å²) in [5, 5.41) is 12.6. The van der Waals surface area contributed by atoms with Gasteiger partial charge in [0.05, 0.1) is 22.6 Å². The fourth-order valence-electron chi connectivity index (χ4n) is 1.72. The fourth-order valence-corrected chi connectivity index (χ4v) is 2.08. The van der Waals surface area contributed by atoms with E-state index in [0.29, 0.717) is 22.5 Å². The highest BCUT2D eigenvalue weighted by Gasteiger charge is 2.10. The van der Waals surface area contributed by atoms with Gasteiger partial charge in [0.1, 0.15) is 0 Å². The zero-order valence-electron chi connectivity index (χ0n) is 10.9. The maximum Gasteiger partial charge on any atom is 0.0868 e. The van der Waals surface area contributed by atoms with Gasteiger partial charge in [-0.05, 0) is 30.7 Å². The molecule has 2 rings (SSSR count).